The molecule has 0 fully saturated rings. The van der Waals surface area contributed by atoms with Crippen molar-refractivity contribution in [3.63, 3.8) is 0 Å². The molecule has 3 heteroatoms. The van der Waals surface area contributed by atoms with Crippen molar-refractivity contribution < 1.29 is 9.15 Å². The van der Waals surface area contributed by atoms with Crippen molar-refractivity contribution in [3.05, 3.63) is 23.2 Å². The summed E-state index contributed by atoms with van der Waals surface area (Å²) < 4.78 is 10.9. The highest BCUT2D eigenvalue weighted by Crippen LogP contribution is 2.21. The van der Waals surface area contributed by atoms with E-state index in [-0.39, 0.29) is 0 Å². The molecule has 0 radical (unpaired) electrons. The van der Waals surface area contributed by atoms with Crippen LogP contribution in [0.15, 0.2) is 10.5 Å². The number of rotatable bonds is 6. The first kappa shape index (κ1) is 13.3. The van der Waals surface area contributed by atoms with Gasteiger partial charge >= 0.3 is 0 Å². The van der Waals surface area contributed by atoms with Crippen molar-refractivity contribution in [2.45, 2.75) is 46.7 Å². The summed E-state index contributed by atoms with van der Waals surface area (Å²) in [5.41, 5.74) is 1.24. The molecule has 92 valence electrons. The van der Waals surface area contributed by atoms with Gasteiger partial charge in [0.05, 0.1) is 6.61 Å². The maximum Gasteiger partial charge on any atom is 0.105 e. The molecule has 2 atom stereocenters. The molecule has 1 rings (SSSR count). The zero-order chi connectivity index (χ0) is 12.1. The third-order valence-corrected chi connectivity index (χ3v) is 2.65. The smallest absolute Gasteiger partial charge is 0.105 e. The first-order valence-electron chi connectivity index (χ1n) is 5.95. The van der Waals surface area contributed by atoms with Crippen LogP contribution in [0.2, 0.25) is 0 Å². The monoisotopic (exact) mass is 225 g/mol. The van der Waals surface area contributed by atoms with Gasteiger partial charge in [-0.1, -0.05) is 0 Å². The molecule has 0 aliphatic carbocycles. The lowest BCUT2D eigenvalue weighted by atomic mass is 10.1. The van der Waals surface area contributed by atoms with Gasteiger partial charge in [0.15, 0.2) is 0 Å². The van der Waals surface area contributed by atoms with Gasteiger partial charge in [0.25, 0.3) is 0 Å². The Bertz CT molecular complexity index is 320. The Morgan fingerprint density at radius 1 is 1.38 bits per heavy atom. The summed E-state index contributed by atoms with van der Waals surface area (Å²) in [7, 11) is 0. The zero-order valence-corrected chi connectivity index (χ0v) is 11.0. The predicted molar refractivity (Wildman–Crippen MR) is 65.7 cm³/mol. The summed E-state index contributed by atoms with van der Waals surface area (Å²) >= 11 is 0. The van der Waals surface area contributed by atoms with Crippen molar-refractivity contribution >= 4 is 0 Å². The van der Waals surface area contributed by atoms with Crippen molar-refractivity contribution in [2.24, 2.45) is 0 Å². The Labute approximate surface area is 98.2 Å². The average molecular weight is 225 g/mol. The van der Waals surface area contributed by atoms with E-state index in [0.29, 0.717) is 12.1 Å². The van der Waals surface area contributed by atoms with Gasteiger partial charge in [0.2, 0.25) is 0 Å². The second kappa shape index (κ2) is 6.06. The first-order valence-corrected chi connectivity index (χ1v) is 5.95. The van der Waals surface area contributed by atoms with E-state index in [1.807, 2.05) is 20.8 Å². The zero-order valence-electron chi connectivity index (χ0n) is 11.0. The summed E-state index contributed by atoms with van der Waals surface area (Å²) in [6.45, 7) is 11.8. The second-order valence-corrected chi connectivity index (χ2v) is 4.32. The summed E-state index contributed by atoms with van der Waals surface area (Å²) in [6.07, 6.45) is 0. The Morgan fingerprint density at radius 2 is 2.06 bits per heavy atom. The van der Waals surface area contributed by atoms with Gasteiger partial charge < -0.3 is 14.5 Å². The van der Waals surface area contributed by atoms with Gasteiger partial charge in [-0.3, -0.25) is 0 Å². The Hall–Kier alpha value is -0.800. The molecule has 0 aliphatic rings. The van der Waals surface area contributed by atoms with Crippen LogP contribution in [0.3, 0.4) is 0 Å². The van der Waals surface area contributed by atoms with Crippen molar-refractivity contribution in [3.8, 4) is 0 Å². The lowest BCUT2D eigenvalue weighted by Crippen LogP contribution is -2.32. The summed E-state index contributed by atoms with van der Waals surface area (Å²) in [6, 6.07) is 2.75. The molecule has 0 aromatic carbocycles. The molecule has 2 unspecified atom stereocenters. The molecule has 1 N–H and O–H groups in total. The third-order valence-electron chi connectivity index (χ3n) is 2.65. The Balaban J connectivity index is 2.51. The molecule has 0 saturated carbocycles. The summed E-state index contributed by atoms with van der Waals surface area (Å²) in [4.78, 5) is 0. The molecule has 0 bridgehead atoms. The Kier molecular flexibility index (Phi) is 5.03. The van der Waals surface area contributed by atoms with E-state index < -0.39 is 0 Å². The largest absolute Gasteiger partial charge is 0.466 e. The van der Waals surface area contributed by atoms with Crippen molar-refractivity contribution in [2.75, 3.05) is 13.2 Å². The van der Waals surface area contributed by atoms with Crippen LogP contribution < -0.4 is 5.32 Å². The molecule has 1 heterocycles. The highest BCUT2D eigenvalue weighted by atomic mass is 16.5. The molecular formula is C13H23NO2. The van der Waals surface area contributed by atoms with Crippen molar-refractivity contribution in [1.29, 1.82) is 0 Å². The average Bonchev–Trinajstić information content (AvgIpc) is 2.54. The van der Waals surface area contributed by atoms with Gasteiger partial charge in [-0.25, -0.2) is 0 Å². The number of hydrogen-bond donors (Lipinski definition) is 1. The molecular weight excluding hydrogens is 202 g/mol. The lowest BCUT2D eigenvalue weighted by Gasteiger charge is -2.19. The van der Waals surface area contributed by atoms with Crippen LogP contribution in [0.25, 0.3) is 0 Å². The van der Waals surface area contributed by atoms with E-state index in [0.717, 1.165) is 24.7 Å². The minimum Gasteiger partial charge on any atom is -0.466 e. The van der Waals surface area contributed by atoms with Crippen LogP contribution in [0.1, 0.15) is 43.9 Å². The second-order valence-electron chi connectivity index (χ2n) is 4.32. The maximum atomic E-state index is 5.53. The molecule has 3 nitrogen and oxygen atoms in total. The summed E-state index contributed by atoms with van der Waals surface area (Å²) in [5, 5.41) is 3.50. The fourth-order valence-corrected chi connectivity index (χ4v) is 1.94. The number of hydrogen-bond acceptors (Lipinski definition) is 3. The SMILES string of the molecule is CCOCC(C)NC(C)c1cc(C)oc1C. The van der Waals surface area contributed by atoms with Gasteiger partial charge in [0.1, 0.15) is 11.5 Å². The standard InChI is InChI=1S/C13H23NO2/c1-6-15-8-9(2)14-11(4)13-7-10(3)16-12(13)5/h7,9,11,14H,6,8H2,1-5H3. The quantitative estimate of drug-likeness (QED) is 0.808. The van der Waals surface area contributed by atoms with Gasteiger partial charge in [-0.15, -0.1) is 0 Å². The van der Waals surface area contributed by atoms with Crippen LogP contribution in [0.4, 0.5) is 0 Å². The molecule has 0 aliphatic heterocycles. The van der Waals surface area contributed by atoms with E-state index in [2.05, 4.69) is 25.2 Å². The van der Waals surface area contributed by atoms with Crippen LogP contribution in [-0.2, 0) is 4.74 Å². The van der Waals surface area contributed by atoms with E-state index in [9.17, 15) is 0 Å². The number of aryl methyl sites for hydroxylation is 2. The fourth-order valence-electron chi connectivity index (χ4n) is 1.94. The van der Waals surface area contributed by atoms with Gasteiger partial charge in [0, 0.05) is 24.3 Å². The normalized spacial score (nSPS) is 15.1. The molecule has 1 aromatic rings. The predicted octanol–water partition coefficient (Wildman–Crippen LogP) is 2.97. The van der Waals surface area contributed by atoms with Crippen molar-refractivity contribution in [1.82, 2.24) is 5.32 Å². The maximum absolute atomic E-state index is 5.53. The van der Waals surface area contributed by atoms with Gasteiger partial charge in [-0.2, -0.15) is 0 Å². The number of nitrogens with one attached hydrogen (secondary N) is 1. The third kappa shape index (κ3) is 3.65. The molecule has 16 heavy (non-hydrogen) atoms. The van der Waals surface area contributed by atoms with Crippen LogP contribution in [0, 0.1) is 13.8 Å². The van der Waals surface area contributed by atoms with E-state index in [1.165, 1.54) is 5.56 Å². The minimum atomic E-state index is 0.299. The number of furan rings is 1. The van der Waals surface area contributed by atoms with E-state index >= 15 is 0 Å². The minimum absolute atomic E-state index is 0.299. The summed E-state index contributed by atoms with van der Waals surface area (Å²) in [5.74, 6) is 1.97. The van der Waals surface area contributed by atoms with E-state index in [1.54, 1.807) is 0 Å². The fraction of sp³-hybridized carbons (Fsp3) is 0.692. The molecule has 1 aromatic heterocycles. The lowest BCUT2D eigenvalue weighted by molar-refractivity contribution is 0.124. The highest BCUT2D eigenvalue weighted by Gasteiger charge is 2.14. The topological polar surface area (TPSA) is 34.4 Å². The molecule has 0 saturated heterocycles. The van der Waals surface area contributed by atoms with Crippen LogP contribution in [0.5, 0.6) is 0 Å². The molecule has 0 spiro atoms. The van der Waals surface area contributed by atoms with Gasteiger partial charge in [-0.05, 0) is 40.7 Å². The highest BCUT2D eigenvalue weighted by molar-refractivity contribution is 5.23. The Morgan fingerprint density at radius 3 is 2.56 bits per heavy atom. The van der Waals surface area contributed by atoms with Crippen LogP contribution in [-0.4, -0.2) is 19.3 Å². The number of ether oxygens (including phenoxy) is 1. The van der Waals surface area contributed by atoms with E-state index in [4.69, 9.17) is 9.15 Å². The first-order chi connectivity index (χ1) is 7.54. The molecule has 0 amide bonds. The van der Waals surface area contributed by atoms with Crippen LogP contribution >= 0.6 is 0 Å².